The Hall–Kier alpha value is -3.09. The molecule has 0 aliphatic rings. The number of rotatable bonds is 4. The summed E-state index contributed by atoms with van der Waals surface area (Å²) in [5, 5.41) is 10.1. The molecule has 23 heavy (non-hydrogen) atoms. The summed E-state index contributed by atoms with van der Waals surface area (Å²) < 4.78 is 1.81. The number of anilines is 2. The lowest BCUT2D eigenvalue weighted by Crippen LogP contribution is -2.08. The molecule has 0 atom stereocenters. The Bertz CT molecular complexity index is 901. The summed E-state index contributed by atoms with van der Waals surface area (Å²) in [5.74, 6) is -0.556. The smallest absolute Gasteiger partial charge is 0.336 e. The van der Waals surface area contributed by atoms with Gasteiger partial charge in [-0.25, -0.2) is 4.79 Å². The van der Waals surface area contributed by atoms with Crippen LogP contribution in [-0.2, 0) is 6.42 Å². The van der Waals surface area contributed by atoms with Gasteiger partial charge in [-0.2, -0.15) is 9.97 Å². The van der Waals surface area contributed by atoms with Crippen LogP contribution in [0.2, 0.25) is 0 Å². The minimum atomic E-state index is -0.944. The van der Waals surface area contributed by atoms with Crippen molar-refractivity contribution in [2.45, 2.75) is 19.8 Å². The van der Waals surface area contributed by atoms with E-state index in [0.29, 0.717) is 28.8 Å². The average molecular weight is 311 g/mol. The maximum Gasteiger partial charge on any atom is 0.336 e. The van der Waals surface area contributed by atoms with Gasteiger partial charge in [-0.3, -0.25) is 0 Å². The fourth-order valence-corrected chi connectivity index (χ4v) is 2.76. The molecule has 0 amide bonds. The summed E-state index contributed by atoms with van der Waals surface area (Å²) in [6.07, 6.45) is 3.28. The fraction of sp³-hybridized carbons (Fsp3) is 0.188. The second kappa shape index (κ2) is 5.60. The summed E-state index contributed by atoms with van der Waals surface area (Å²) >= 11 is 0. The number of fused-ring (bicyclic) bond motifs is 1. The van der Waals surface area contributed by atoms with Crippen molar-refractivity contribution in [2.24, 2.45) is 0 Å². The van der Waals surface area contributed by atoms with Crippen LogP contribution in [0.15, 0.2) is 30.5 Å². The third-order valence-corrected chi connectivity index (χ3v) is 3.73. The van der Waals surface area contributed by atoms with Crippen LogP contribution in [0.5, 0.6) is 0 Å². The van der Waals surface area contributed by atoms with Crippen molar-refractivity contribution in [3.63, 3.8) is 0 Å². The molecule has 118 valence electrons. The number of hydrogen-bond acceptors (Lipinski definition) is 5. The summed E-state index contributed by atoms with van der Waals surface area (Å²) in [6.45, 7) is 2.01. The Balaban J connectivity index is 2.31. The highest BCUT2D eigenvalue weighted by Gasteiger charge is 2.17. The van der Waals surface area contributed by atoms with E-state index in [1.165, 1.54) is 0 Å². The molecule has 5 N–H and O–H groups in total. The third kappa shape index (κ3) is 2.46. The minimum absolute atomic E-state index is 0.0846. The number of benzene rings is 1. The SMILES string of the molecule is CCCc1c(C(=O)O)cccc1-n1ccc2c(N)nc(N)nc21. The highest BCUT2D eigenvalue weighted by molar-refractivity contribution is 5.92. The molecular formula is C16H17N5O2. The van der Waals surface area contributed by atoms with Crippen molar-refractivity contribution in [2.75, 3.05) is 11.5 Å². The van der Waals surface area contributed by atoms with E-state index < -0.39 is 5.97 Å². The highest BCUT2D eigenvalue weighted by Crippen LogP contribution is 2.27. The van der Waals surface area contributed by atoms with Gasteiger partial charge in [0.25, 0.3) is 0 Å². The number of carboxylic acid groups (broad SMARTS) is 1. The van der Waals surface area contributed by atoms with Gasteiger partial charge in [-0.05, 0) is 30.2 Å². The quantitative estimate of drug-likeness (QED) is 0.679. The van der Waals surface area contributed by atoms with Gasteiger partial charge < -0.3 is 21.1 Å². The van der Waals surface area contributed by atoms with Crippen molar-refractivity contribution in [3.8, 4) is 5.69 Å². The van der Waals surface area contributed by atoms with E-state index in [9.17, 15) is 9.90 Å². The molecule has 0 radical (unpaired) electrons. The van der Waals surface area contributed by atoms with Crippen molar-refractivity contribution in [1.82, 2.24) is 14.5 Å². The zero-order valence-corrected chi connectivity index (χ0v) is 12.7. The van der Waals surface area contributed by atoms with E-state index in [1.54, 1.807) is 29.0 Å². The summed E-state index contributed by atoms with van der Waals surface area (Å²) in [4.78, 5) is 19.7. The van der Waals surface area contributed by atoms with Gasteiger partial charge in [0.2, 0.25) is 5.95 Å². The van der Waals surface area contributed by atoms with E-state index in [0.717, 1.165) is 17.7 Å². The summed E-state index contributed by atoms with van der Waals surface area (Å²) in [7, 11) is 0. The third-order valence-electron chi connectivity index (χ3n) is 3.73. The first-order valence-corrected chi connectivity index (χ1v) is 7.28. The van der Waals surface area contributed by atoms with Crippen LogP contribution in [0.1, 0.15) is 29.3 Å². The summed E-state index contributed by atoms with van der Waals surface area (Å²) in [5.41, 5.74) is 14.0. The standard InChI is InChI=1S/C16H17N5O2/c1-2-4-9-10(15(22)23)5-3-6-12(9)21-8-7-11-13(17)19-16(18)20-14(11)21/h3,5-8H,2,4H2,1H3,(H,22,23)(H4,17,18,19,20). The lowest BCUT2D eigenvalue weighted by Gasteiger charge is -2.14. The molecule has 3 rings (SSSR count). The number of nitrogen functional groups attached to an aromatic ring is 2. The number of carbonyl (C=O) groups is 1. The molecular weight excluding hydrogens is 294 g/mol. The molecule has 2 aromatic heterocycles. The maximum absolute atomic E-state index is 11.5. The highest BCUT2D eigenvalue weighted by atomic mass is 16.4. The molecule has 0 spiro atoms. The fourth-order valence-electron chi connectivity index (χ4n) is 2.76. The van der Waals surface area contributed by atoms with E-state index in [4.69, 9.17) is 11.5 Å². The molecule has 2 heterocycles. The van der Waals surface area contributed by atoms with E-state index in [-0.39, 0.29) is 5.95 Å². The van der Waals surface area contributed by atoms with Crippen LogP contribution >= 0.6 is 0 Å². The first kappa shape index (κ1) is 14.8. The van der Waals surface area contributed by atoms with Gasteiger partial charge in [0.1, 0.15) is 5.82 Å². The van der Waals surface area contributed by atoms with E-state index in [2.05, 4.69) is 9.97 Å². The second-order valence-corrected chi connectivity index (χ2v) is 5.25. The molecule has 0 aliphatic carbocycles. The van der Waals surface area contributed by atoms with Gasteiger partial charge in [-0.15, -0.1) is 0 Å². The number of nitrogens with two attached hydrogens (primary N) is 2. The van der Waals surface area contributed by atoms with Gasteiger partial charge in [0.15, 0.2) is 5.65 Å². The first-order chi connectivity index (χ1) is 11.0. The van der Waals surface area contributed by atoms with Crippen molar-refractivity contribution in [3.05, 3.63) is 41.6 Å². The number of hydrogen-bond donors (Lipinski definition) is 3. The normalized spacial score (nSPS) is 11.0. The molecule has 0 unspecified atom stereocenters. The largest absolute Gasteiger partial charge is 0.478 e. The minimum Gasteiger partial charge on any atom is -0.478 e. The Morgan fingerprint density at radius 2 is 2.04 bits per heavy atom. The molecule has 7 nitrogen and oxygen atoms in total. The van der Waals surface area contributed by atoms with Crippen LogP contribution < -0.4 is 11.5 Å². The topological polar surface area (TPSA) is 120 Å². The van der Waals surface area contributed by atoms with Crippen LogP contribution in [0, 0.1) is 0 Å². The number of nitrogens with zero attached hydrogens (tertiary/aromatic N) is 3. The van der Waals surface area contributed by atoms with Gasteiger partial charge >= 0.3 is 5.97 Å². The molecule has 0 aliphatic heterocycles. The lowest BCUT2D eigenvalue weighted by atomic mass is 10.0. The van der Waals surface area contributed by atoms with Gasteiger partial charge in [-0.1, -0.05) is 19.4 Å². The molecule has 0 saturated heterocycles. The van der Waals surface area contributed by atoms with Crippen LogP contribution in [0.3, 0.4) is 0 Å². The second-order valence-electron chi connectivity index (χ2n) is 5.25. The molecule has 7 heteroatoms. The Morgan fingerprint density at radius 3 is 2.74 bits per heavy atom. The van der Waals surface area contributed by atoms with Crippen LogP contribution in [0.4, 0.5) is 11.8 Å². The molecule has 0 saturated carbocycles. The lowest BCUT2D eigenvalue weighted by molar-refractivity contribution is 0.0695. The molecule has 0 fully saturated rings. The van der Waals surface area contributed by atoms with Crippen LogP contribution in [0.25, 0.3) is 16.7 Å². The predicted molar refractivity (Wildman–Crippen MR) is 88.6 cm³/mol. The number of aromatic carboxylic acids is 1. The van der Waals surface area contributed by atoms with Gasteiger partial charge in [0.05, 0.1) is 16.6 Å². The average Bonchev–Trinajstić information content (AvgIpc) is 2.91. The zero-order valence-electron chi connectivity index (χ0n) is 12.7. The Labute approximate surface area is 132 Å². The number of aromatic nitrogens is 3. The summed E-state index contributed by atoms with van der Waals surface area (Å²) in [6, 6.07) is 7.00. The van der Waals surface area contributed by atoms with Crippen LogP contribution in [-0.4, -0.2) is 25.6 Å². The monoisotopic (exact) mass is 311 g/mol. The van der Waals surface area contributed by atoms with E-state index in [1.807, 2.05) is 13.0 Å². The maximum atomic E-state index is 11.5. The van der Waals surface area contributed by atoms with Crippen molar-refractivity contribution >= 4 is 28.8 Å². The zero-order chi connectivity index (χ0) is 16.6. The van der Waals surface area contributed by atoms with Crippen molar-refractivity contribution in [1.29, 1.82) is 0 Å². The van der Waals surface area contributed by atoms with Crippen molar-refractivity contribution < 1.29 is 9.90 Å². The first-order valence-electron chi connectivity index (χ1n) is 7.28. The predicted octanol–water partition coefficient (Wildman–Crippen LogP) is 2.24. The molecule has 1 aromatic carbocycles. The Morgan fingerprint density at radius 1 is 1.26 bits per heavy atom. The van der Waals surface area contributed by atoms with E-state index >= 15 is 0 Å². The number of carboxylic acids is 1. The molecule has 3 aromatic rings. The Kier molecular flexibility index (Phi) is 3.61. The van der Waals surface area contributed by atoms with Gasteiger partial charge in [0, 0.05) is 6.20 Å². The molecule has 0 bridgehead atoms.